The maximum absolute atomic E-state index is 12.0. The third-order valence-corrected chi connectivity index (χ3v) is 3.73. The Morgan fingerprint density at radius 3 is 2.28 bits per heavy atom. The first kappa shape index (κ1) is 15.1. The summed E-state index contributed by atoms with van der Waals surface area (Å²) in [6, 6.07) is 0. The second-order valence-corrected chi connectivity index (χ2v) is 6.03. The van der Waals surface area contributed by atoms with Gasteiger partial charge in [-0.1, -0.05) is 6.92 Å². The Hall–Kier alpha value is -0.940. The van der Waals surface area contributed by atoms with Crippen molar-refractivity contribution in [1.29, 1.82) is 0 Å². The van der Waals surface area contributed by atoms with Crippen molar-refractivity contribution in [2.45, 2.75) is 58.5 Å². The quantitative estimate of drug-likeness (QED) is 0.777. The molecule has 1 aliphatic heterocycles. The number of hydrogen-bond donors (Lipinski definition) is 1. The van der Waals surface area contributed by atoms with Crippen LogP contribution in [0.4, 0.5) is 0 Å². The molecule has 0 aromatic carbocycles. The molecule has 1 saturated heterocycles. The zero-order valence-electron chi connectivity index (χ0n) is 11.8. The van der Waals surface area contributed by atoms with Crippen molar-refractivity contribution >= 4 is 11.8 Å². The Balaban J connectivity index is 2.72. The van der Waals surface area contributed by atoms with Crippen molar-refractivity contribution in [3.8, 4) is 0 Å². The number of nitrogens with zero attached hydrogens (tertiary/aromatic N) is 1. The minimum absolute atomic E-state index is 0.0979. The molecule has 1 rings (SSSR count). The van der Waals surface area contributed by atoms with Crippen LogP contribution in [0.2, 0.25) is 0 Å². The van der Waals surface area contributed by atoms with Crippen LogP contribution in [0.3, 0.4) is 0 Å². The van der Waals surface area contributed by atoms with Gasteiger partial charge in [-0.05, 0) is 34.1 Å². The van der Waals surface area contributed by atoms with E-state index in [0.717, 1.165) is 0 Å². The molecule has 1 N–H and O–H groups in total. The molecular formula is C13H23NO4. The lowest BCUT2D eigenvalue weighted by Gasteiger charge is -2.35. The second-order valence-electron chi connectivity index (χ2n) is 6.03. The van der Waals surface area contributed by atoms with Crippen molar-refractivity contribution in [2.75, 3.05) is 6.61 Å². The van der Waals surface area contributed by atoms with Crippen LogP contribution in [0.25, 0.3) is 0 Å². The van der Waals surface area contributed by atoms with E-state index in [4.69, 9.17) is 4.74 Å². The van der Waals surface area contributed by atoms with Gasteiger partial charge >= 0.3 is 5.97 Å². The number of carbonyl (C=O) groups is 2. The molecule has 0 aromatic heterocycles. The molecule has 1 aliphatic rings. The van der Waals surface area contributed by atoms with Gasteiger partial charge in [0.15, 0.2) is 5.78 Å². The largest absolute Gasteiger partial charge is 0.457 e. The van der Waals surface area contributed by atoms with Gasteiger partial charge in [0.2, 0.25) is 0 Å². The van der Waals surface area contributed by atoms with Crippen LogP contribution in [-0.2, 0) is 14.3 Å². The molecule has 1 fully saturated rings. The summed E-state index contributed by atoms with van der Waals surface area (Å²) in [5, 5.41) is 11.3. The number of esters is 1. The summed E-state index contributed by atoms with van der Waals surface area (Å²) in [6.45, 7) is 8.91. The predicted molar refractivity (Wildman–Crippen MR) is 66.1 cm³/mol. The zero-order chi connectivity index (χ0) is 14.1. The van der Waals surface area contributed by atoms with Gasteiger partial charge in [-0.25, -0.2) is 0 Å². The average molecular weight is 257 g/mol. The van der Waals surface area contributed by atoms with Gasteiger partial charge in [-0.15, -0.1) is 0 Å². The number of ether oxygens (including phenoxy) is 1. The fourth-order valence-corrected chi connectivity index (χ4v) is 2.49. The van der Waals surface area contributed by atoms with Crippen LogP contribution < -0.4 is 0 Å². The van der Waals surface area contributed by atoms with Crippen LogP contribution in [0.1, 0.15) is 47.5 Å². The molecule has 104 valence electrons. The first-order valence-corrected chi connectivity index (χ1v) is 6.30. The summed E-state index contributed by atoms with van der Waals surface area (Å²) < 4.78 is 5.03. The van der Waals surface area contributed by atoms with Gasteiger partial charge in [0.1, 0.15) is 6.61 Å². The molecule has 18 heavy (non-hydrogen) atoms. The smallest absolute Gasteiger partial charge is 0.311 e. The van der Waals surface area contributed by atoms with Crippen LogP contribution in [0.15, 0.2) is 0 Å². The highest BCUT2D eigenvalue weighted by molar-refractivity contribution is 5.83. The highest BCUT2D eigenvalue weighted by Crippen LogP contribution is 2.43. The van der Waals surface area contributed by atoms with Crippen LogP contribution >= 0.6 is 0 Å². The second kappa shape index (κ2) is 4.97. The summed E-state index contributed by atoms with van der Waals surface area (Å²) in [4.78, 5) is 23.1. The zero-order valence-corrected chi connectivity index (χ0v) is 11.8. The SMILES string of the molecule is CCC(=O)COC(=O)C1CC(C)(C)N(O)C1(C)C. The Morgan fingerprint density at radius 2 is 1.89 bits per heavy atom. The number of rotatable bonds is 4. The molecule has 0 aliphatic carbocycles. The molecule has 1 atom stereocenters. The van der Waals surface area contributed by atoms with E-state index in [2.05, 4.69) is 0 Å². The third-order valence-electron chi connectivity index (χ3n) is 3.73. The van der Waals surface area contributed by atoms with Crippen LogP contribution in [0, 0.1) is 5.92 Å². The van der Waals surface area contributed by atoms with Gasteiger partial charge in [0, 0.05) is 12.0 Å². The lowest BCUT2D eigenvalue weighted by atomic mass is 9.87. The molecular weight excluding hydrogens is 234 g/mol. The molecule has 0 amide bonds. The molecule has 0 spiro atoms. The van der Waals surface area contributed by atoms with Gasteiger partial charge in [-0.3, -0.25) is 9.59 Å². The summed E-state index contributed by atoms with van der Waals surface area (Å²) in [7, 11) is 0. The van der Waals surface area contributed by atoms with E-state index in [1.807, 2.05) is 13.8 Å². The van der Waals surface area contributed by atoms with Crippen molar-refractivity contribution in [3.63, 3.8) is 0 Å². The van der Waals surface area contributed by atoms with Crippen molar-refractivity contribution < 1.29 is 19.5 Å². The number of hydroxylamine groups is 2. The maximum atomic E-state index is 12.0. The molecule has 5 nitrogen and oxygen atoms in total. The predicted octanol–water partition coefficient (Wildman–Crippen LogP) is 1.78. The third kappa shape index (κ3) is 2.72. The van der Waals surface area contributed by atoms with Crippen molar-refractivity contribution in [2.24, 2.45) is 5.92 Å². The molecule has 1 unspecified atom stereocenters. The van der Waals surface area contributed by atoms with Gasteiger partial charge < -0.3 is 9.94 Å². The molecule has 0 bridgehead atoms. The minimum Gasteiger partial charge on any atom is -0.457 e. The van der Waals surface area contributed by atoms with E-state index in [1.54, 1.807) is 20.8 Å². The fourth-order valence-electron chi connectivity index (χ4n) is 2.49. The molecule has 1 heterocycles. The number of carbonyl (C=O) groups excluding carboxylic acids is 2. The number of ketones is 1. The van der Waals surface area contributed by atoms with E-state index in [9.17, 15) is 14.8 Å². The molecule has 5 heteroatoms. The van der Waals surface area contributed by atoms with Gasteiger partial charge in [0.25, 0.3) is 0 Å². The molecule has 0 radical (unpaired) electrons. The van der Waals surface area contributed by atoms with Crippen LogP contribution in [-0.4, -0.2) is 39.7 Å². The fraction of sp³-hybridized carbons (Fsp3) is 0.846. The number of Topliss-reactive ketones (excluding diaryl/α,β-unsaturated/α-hetero) is 1. The highest BCUT2D eigenvalue weighted by atomic mass is 16.5. The lowest BCUT2D eigenvalue weighted by molar-refractivity contribution is -0.200. The first-order valence-electron chi connectivity index (χ1n) is 6.30. The molecule has 0 saturated carbocycles. The maximum Gasteiger partial charge on any atom is 0.311 e. The summed E-state index contributed by atoms with van der Waals surface area (Å²) in [5.74, 6) is -0.937. The average Bonchev–Trinajstić information content (AvgIpc) is 2.46. The van der Waals surface area contributed by atoms with Crippen molar-refractivity contribution in [1.82, 2.24) is 5.06 Å². The van der Waals surface area contributed by atoms with Crippen molar-refractivity contribution in [3.05, 3.63) is 0 Å². The Labute approximate surface area is 108 Å². The van der Waals surface area contributed by atoms with Crippen LogP contribution in [0.5, 0.6) is 0 Å². The highest BCUT2D eigenvalue weighted by Gasteiger charge is 2.54. The van der Waals surface area contributed by atoms with Gasteiger partial charge in [-0.2, -0.15) is 5.06 Å². The van der Waals surface area contributed by atoms with Gasteiger partial charge in [0.05, 0.1) is 11.5 Å². The van der Waals surface area contributed by atoms with E-state index in [0.29, 0.717) is 12.8 Å². The standard InChI is InChI=1S/C13H23NO4/c1-6-9(15)8-18-11(16)10-7-12(2,3)14(17)13(10,4)5/h10,17H,6-8H2,1-5H3. The lowest BCUT2D eigenvalue weighted by Crippen LogP contribution is -2.48. The van der Waals surface area contributed by atoms with E-state index < -0.39 is 23.0 Å². The van der Waals surface area contributed by atoms with E-state index >= 15 is 0 Å². The number of hydrogen-bond acceptors (Lipinski definition) is 5. The Kier molecular flexibility index (Phi) is 4.18. The normalized spacial score (nSPS) is 26.0. The first-order chi connectivity index (χ1) is 8.13. The monoisotopic (exact) mass is 257 g/mol. The summed E-state index contributed by atoms with van der Waals surface area (Å²) >= 11 is 0. The summed E-state index contributed by atoms with van der Waals surface area (Å²) in [6.07, 6.45) is 0.870. The molecule has 0 aromatic rings. The van der Waals surface area contributed by atoms with E-state index in [-0.39, 0.29) is 12.4 Å². The summed E-state index contributed by atoms with van der Waals surface area (Å²) in [5.41, 5.74) is -1.15. The Morgan fingerprint density at radius 1 is 1.33 bits per heavy atom. The van der Waals surface area contributed by atoms with E-state index in [1.165, 1.54) is 5.06 Å². The Bertz CT molecular complexity index is 349. The minimum atomic E-state index is -0.685. The topological polar surface area (TPSA) is 66.8 Å².